The first kappa shape index (κ1) is 8.50. The maximum atomic E-state index is 5.43. The van der Waals surface area contributed by atoms with Gasteiger partial charge in [0.1, 0.15) is 0 Å². The van der Waals surface area contributed by atoms with E-state index in [0.717, 1.165) is 0 Å². The summed E-state index contributed by atoms with van der Waals surface area (Å²) in [5.41, 5.74) is 5.23. The van der Waals surface area contributed by atoms with Gasteiger partial charge in [-0.25, -0.2) is 0 Å². The van der Waals surface area contributed by atoms with Crippen LogP contribution in [0.4, 0.5) is 0 Å². The van der Waals surface area contributed by atoms with Gasteiger partial charge in [-0.1, -0.05) is 23.2 Å². The fourth-order valence-corrected chi connectivity index (χ4v) is 0.900. The van der Waals surface area contributed by atoms with Gasteiger partial charge >= 0.3 is 0 Å². The zero-order chi connectivity index (χ0) is 6.78. The number of halogens is 2. The van der Waals surface area contributed by atoms with Gasteiger partial charge in [0.15, 0.2) is 4.46 Å². The third kappa shape index (κ3) is 6.50. The van der Waals surface area contributed by atoms with Crippen molar-refractivity contribution in [2.45, 2.75) is 4.46 Å². The molecule has 0 spiro atoms. The quantitative estimate of drug-likeness (QED) is 0.470. The molecule has 0 bridgehead atoms. The summed E-state index contributed by atoms with van der Waals surface area (Å²) >= 11 is 10.9. The van der Waals surface area contributed by atoms with Crippen LogP contribution in [0.5, 0.6) is 0 Å². The Balaban J connectivity index is 3.39. The second kappa shape index (κ2) is 2.87. The van der Waals surface area contributed by atoms with Crippen LogP contribution in [-0.4, -0.2) is 30.0 Å². The van der Waals surface area contributed by atoms with Crippen LogP contribution in [0.3, 0.4) is 0 Å². The highest BCUT2D eigenvalue weighted by Crippen LogP contribution is 2.12. The molecule has 0 aromatic heterocycles. The summed E-state index contributed by atoms with van der Waals surface area (Å²) in [5, 5.41) is 0. The van der Waals surface area contributed by atoms with E-state index < -0.39 is 4.46 Å². The van der Waals surface area contributed by atoms with Gasteiger partial charge < -0.3 is 4.90 Å². The molecule has 0 heterocycles. The van der Waals surface area contributed by atoms with Crippen molar-refractivity contribution in [1.29, 1.82) is 0 Å². The van der Waals surface area contributed by atoms with E-state index in [1.807, 2.05) is 19.0 Å². The average Bonchev–Trinajstić information content (AvgIpc) is 1.21. The number of hydrogen-bond donors (Lipinski definition) is 1. The van der Waals surface area contributed by atoms with E-state index in [4.69, 9.17) is 28.9 Å². The number of alkyl halides is 2. The van der Waals surface area contributed by atoms with Gasteiger partial charge in [-0.2, -0.15) is 0 Å². The molecule has 8 heavy (non-hydrogen) atoms. The summed E-state index contributed by atoms with van der Waals surface area (Å²) < 4.78 is -1.11. The van der Waals surface area contributed by atoms with Crippen molar-refractivity contribution in [3.8, 4) is 0 Å². The number of nitrogens with zero attached hydrogens (tertiary/aromatic N) is 1. The molecule has 0 aliphatic rings. The molecule has 0 saturated carbocycles. The summed E-state index contributed by atoms with van der Waals surface area (Å²) in [6, 6.07) is 0. The van der Waals surface area contributed by atoms with Gasteiger partial charge in [0.05, 0.1) is 0 Å². The predicted octanol–water partition coefficient (Wildman–Crippen LogP) is 0.638. The van der Waals surface area contributed by atoms with Crippen molar-refractivity contribution in [1.82, 2.24) is 4.90 Å². The summed E-state index contributed by atoms with van der Waals surface area (Å²) in [6.45, 7) is 0.468. The molecule has 0 radical (unpaired) electrons. The minimum Gasteiger partial charge on any atom is -0.305 e. The SMILES string of the molecule is CN(C)CC(N)(Cl)Cl. The minimum absolute atomic E-state index is 0.468. The maximum absolute atomic E-state index is 5.43. The Morgan fingerprint density at radius 1 is 1.50 bits per heavy atom. The monoisotopic (exact) mass is 156 g/mol. The Labute approximate surface area is 59.5 Å². The summed E-state index contributed by atoms with van der Waals surface area (Å²) in [5.74, 6) is 0. The largest absolute Gasteiger partial charge is 0.305 e. The Hall–Kier alpha value is 0.500. The lowest BCUT2D eigenvalue weighted by atomic mass is 10.6. The number of rotatable bonds is 2. The molecule has 0 rings (SSSR count). The van der Waals surface area contributed by atoms with Crippen LogP contribution >= 0.6 is 23.2 Å². The van der Waals surface area contributed by atoms with Crippen molar-refractivity contribution in [3.05, 3.63) is 0 Å². The van der Waals surface area contributed by atoms with Gasteiger partial charge in [0.25, 0.3) is 0 Å². The van der Waals surface area contributed by atoms with E-state index in [0.29, 0.717) is 6.54 Å². The van der Waals surface area contributed by atoms with E-state index >= 15 is 0 Å². The van der Waals surface area contributed by atoms with E-state index in [2.05, 4.69) is 0 Å². The van der Waals surface area contributed by atoms with Crippen LogP contribution in [0, 0.1) is 0 Å². The summed E-state index contributed by atoms with van der Waals surface area (Å²) in [7, 11) is 3.71. The van der Waals surface area contributed by atoms with Crippen LogP contribution in [0.25, 0.3) is 0 Å². The fraction of sp³-hybridized carbons (Fsp3) is 1.00. The maximum Gasteiger partial charge on any atom is 0.179 e. The smallest absolute Gasteiger partial charge is 0.179 e. The molecule has 0 amide bonds. The Kier molecular flexibility index (Phi) is 3.05. The second-order valence-corrected chi connectivity index (χ2v) is 3.54. The number of hydrogen-bond acceptors (Lipinski definition) is 2. The van der Waals surface area contributed by atoms with E-state index in [9.17, 15) is 0 Å². The topological polar surface area (TPSA) is 29.3 Å². The number of nitrogens with two attached hydrogens (primary N) is 1. The highest BCUT2D eigenvalue weighted by molar-refractivity contribution is 6.48. The summed E-state index contributed by atoms with van der Waals surface area (Å²) in [6.07, 6.45) is 0. The van der Waals surface area contributed by atoms with Crippen molar-refractivity contribution >= 4 is 23.2 Å². The first-order chi connectivity index (χ1) is 3.42. The van der Waals surface area contributed by atoms with Gasteiger partial charge in [0.2, 0.25) is 0 Å². The van der Waals surface area contributed by atoms with Gasteiger partial charge in [-0.3, -0.25) is 5.73 Å². The van der Waals surface area contributed by atoms with Crippen molar-refractivity contribution in [3.63, 3.8) is 0 Å². The molecule has 0 aromatic rings. The highest BCUT2D eigenvalue weighted by atomic mass is 35.5. The van der Waals surface area contributed by atoms with Gasteiger partial charge in [-0.15, -0.1) is 0 Å². The first-order valence-electron chi connectivity index (χ1n) is 2.23. The lowest BCUT2D eigenvalue weighted by Crippen LogP contribution is -2.37. The minimum atomic E-state index is -1.11. The second-order valence-electron chi connectivity index (χ2n) is 2.00. The van der Waals surface area contributed by atoms with Crippen LogP contribution < -0.4 is 5.73 Å². The standard InChI is InChI=1S/C4H10Cl2N2/c1-8(2)3-4(5,6)7/h3,7H2,1-2H3. The van der Waals surface area contributed by atoms with E-state index in [-0.39, 0.29) is 0 Å². The molecule has 0 atom stereocenters. The van der Waals surface area contributed by atoms with Crippen LogP contribution in [0.15, 0.2) is 0 Å². The Morgan fingerprint density at radius 2 is 1.88 bits per heavy atom. The first-order valence-corrected chi connectivity index (χ1v) is 2.99. The molecule has 0 aromatic carbocycles. The van der Waals surface area contributed by atoms with Crippen LogP contribution in [0.1, 0.15) is 0 Å². The highest BCUT2D eigenvalue weighted by Gasteiger charge is 2.16. The molecule has 2 nitrogen and oxygen atoms in total. The van der Waals surface area contributed by atoms with E-state index in [1.165, 1.54) is 0 Å². The fourth-order valence-electron chi connectivity index (χ4n) is 0.422. The predicted molar refractivity (Wildman–Crippen MR) is 37.2 cm³/mol. The lowest BCUT2D eigenvalue weighted by molar-refractivity contribution is 0.393. The number of likely N-dealkylation sites (N-methyl/N-ethyl adjacent to an activating group) is 1. The Morgan fingerprint density at radius 3 is 1.88 bits per heavy atom. The molecule has 0 saturated heterocycles. The third-order valence-corrected chi connectivity index (χ3v) is 0.766. The molecular formula is C4H10Cl2N2. The molecule has 0 fully saturated rings. The van der Waals surface area contributed by atoms with Gasteiger partial charge in [-0.05, 0) is 14.1 Å². The van der Waals surface area contributed by atoms with Crippen molar-refractivity contribution in [2.75, 3.05) is 20.6 Å². The Bertz CT molecular complexity index is 66.9. The molecule has 0 aliphatic carbocycles. The molecule has 4 heteroatoms. The molecule has 0 aliphatic heterocycles. The lowest BCUT2D eigenvalue weighted by Gasteiger charge is -2.17. The average molecular weight is 157 g/mol. The van der Waals surface area contributed by atoms with Gasteiger partial charge in [0, 0.05) is 6.54 Å². The van der Waals surface area contributed by atoms with Crippen LogP contribution in [-0.2, 0) is 0 Å². The van der Waals surface area contributed by atoms with E-state index in [1.54, 1.807) is 0 Å². The molecule has 0 unspecified atom stereocenters. The summed E-state index contributed by atoms with van der Waals surface area (Å²) in [4.78, 5) is 1.82. The normalized spacial score (nSPS) is 12.8. The zero-order valence-electron chi connectivity index (χ0n) is 4.99. The molecular weight excluding hydrogens is 147 g/mol. The van der Waals surface area contributed by atoms with Crippen molar-refractivity contribution < 1.29 is 0 Å². The van der Waals surface area contributed by atoms with Crippen LogP contribution in [0.2, 0.25) is 0 Å². The molecule has 2 N–H and O–H groups in total. The molecule has 50 valence electrons. The van der Waals surface area contributed by atoms with Crippen molar-refractivity contribution in [2.24, 2.45) is 5.73 Å². The zero-order valence-corrected chi connectivity index (χ0v) is 6.50. The third-order valence-electron chi connectivity index (χ3n) is 0.527.